The molecular formula is C20H16N2O2. The molecule has 0 aliphatic heterocycles. The zero-order valence-electron chi connectivity index (χ0n) is 13.2. The summed E-state index contributed by atoms with van der Waals surface area (Å²) < 4.78 is 5.22. The topological polar surface area (TPSA) is 62.1 Å². The molecule has 3 rings (SSSR count). The molecule has 1 amide bonds. The second-order valence-corrected chi connectivity index (χ2v) is 5.42. The Morgan fingerprint density at radius 3 is 2.46 bits per heavy atom. The van der Waals surface area contributed by atoms with Crippen LogP contribution in [0.5, 0.6) is 5.75 Å². The summed E-state index contributed by atoms with van der Waals surface area (Å²) in [5, 5.41) is 13.9. The van der Waals surface area contributed by atoms with E-state index in [4.69, 9.17) is 10.00 Å². The number of carbonyl (C=O) groups is 1. The molecule has 0 unspecified atom stereocenters. The van der Waals surface area contributed by atoms with Crippen molar-refractivity contribution < 1.29 is 9.53 Å². The first-order valence-electron chi connectivity index (χ1n) is 7.54. The van der Waals surface area contributed by atoms with Crippen LogP contribution >= 0.6 is 0 Å². The van der Waals surface area contributed by atoms with Crippen molar-refractivity contribution in [1.29, 1.82) is 5.26 Å². The summed E-state index contributed by atoms with van der Waals surface area (Å²) in [5.74, 6) is 0.665. The second-order valence-electron chi connectivity index (χ2n) is 5.42. The Kier molecular flexibility index (Phi) is 4.44. The average molecular weight is 316 g/mol. The molecule has 0 saturated carbocycles. The molecule has 0 heterocycles. The van der Waals surface area contributed by atoms with E-state index in [1.165, 1.54) is 0 Å². The summed E-state index contributed by atoms with van der Waals surface area (Å²) in [7, 11) is 1.65. The maximum absolute atomic E-state index is 12.2. The molecular weight excluding hydrogens is 300 g/mol. The number of carbonyl (C=O) groups excluding carboxylic acids is 1. The van der Waals surface area contributed by atoms with Gasteiger partial charge in [0.2, 0.25) is 0 Å². The van der Waals surface area contributed by atoms with Crippen LogP contribution in [-0.2, 0) is 6.54 Å². The molecule has 3 aromatic rings. The van der Waals surface area contributed by atoms with Gasteiger partial charge in [-0.3, -0.25) is 4.79 Å². The fourth-order valence-electron chi connectivity index (χ4n) is 2.49. The highest BCUT2D eigenvalue weighted by Crippen LogP contribution is 2.21. The van der Waals surface area contributed by atoms with Gasteiger partial charge >= 0.3 is 0 Å². The van der Waals surface area contributed by atoms with Crippen LogP contribution in [0.1, 0.15) is 21.5 Å². The number of rotatable bonds is 4. The third-order valence-corrected chi connectivity index (χ3v) is 3.84. The van der Waals surface area contributed by atoms with E-state index < -0.39 is 0 Å². The molecule has 3 aromatic carbocycles. The van der Waals surface area contributed by atoms with Crippen molar-refractivity contribution in [3.63, 3.8) is 0 Å². The minimum atomic E-state index is -0.158. The Morgan fingerprint density at radius 1 is 1.04 bits per heavy atom. The van der Waals surface area contributed by atoms with Crippen molar-refractivity contribution in [2.75, 3.05) is 7.11 Å². The molecule has 24 heavy (non-hydrogen) atoms. The molecule has 0 saturated heterocycles. The lowest BCUT2D eigenvalue weighted by Crippen LogP contribution is -2.22. The standard InChI is InChI=1S/C20H16N2O2/c1-24-19-9-8-17-10-15(4-7-18(17)11-19)13-22-20(23)16-5-2-14(12-21)3-6-16/h2-11H,13H2,1H3,(H,22,23). The Morgan fingerprint density at radius 2 is 1.75 bits per heavy atom. The predicted octanol–water partition coefficient (Wildman–Crippen LogP) is 3.65. The highest BCUT2D eigenvalue weighted by atomic mass is 16.5. The number of nitriles is 1. The normalized spacial score (nSPS) is 10.2. The van der Waals surface area contributed by atoms with Crippen molar-refractivity contribution in [1.82, 2.24) is 5.32 Å². The molecule has 0 spiro atoms. The number of nitrogens with zero attached hydrogens (tertiary/aromatic N) is 1. The first-order chi connectivity index (χ1) is 11.7. The highest BCUT2D eigenvalue weighted by Gasteiger charge is 2.06. The average Bonchev–Trinajstić information content (AvgIpc) is 2.65. The van der Waals surface area contributed by atoms with Crippen molar-refractivity contribution >= 4 is 16.7 Å². The number of methoxy groups -OCH3 is 1. The summed E-state index contributed by atoms with van der Waals surface area (Å²) in [6, 6.07) is 20.6. The lowest BCUT2D eigenvalue weighted by atomic mass is 10.1. The molecule has 4 heteroatoms. The van der Waals surface area contributed by atoms with Crippen LogP contribution in [-0.4, -0.2) is 13.0 Å². The lowest BCUT2D eigenvalue weighted by molar-refractivity contribution is 0.0951. The summed E-state index contributed by atoms with van der Waals surface area (Å²) >= 11 is 0. The van der Waals surface area contributed by atoms with E-state index >= 15 is 0 Å². The van der Waals surface area contributed by atoms with Crippen LogP contribution in [0.25, 0.3) is 10.8 Å². The van der Waals surface area contributed by atoms with Crippen molar-refractivity contribution in [3.05, 3.63) is 77.4 Å². The van der Waals surface area contributed by atoms with Gasteiger partial charge in [0.15, 0.2) is 0 Å². The molecule has 1 N–H and O–H groups in total. The van der Waals surface area contributed by atoms with E-state index in [1.54, 1.807) is 31.4 Å². The monoisotopic (exact) mass is 316 g/mol. The van der Waals surface area contributed by atoms with Crippen LogP contribution in [0.2, 0.25) is 0 Å². The Bertz CT molecular complexity index is 925. The van der Waals surface area contributed by atoms with Gasteiger partial charge in [-0.05, 0) is 58.8 Å². The molecule has 118 valence electrons. The molecule has 0 aliphatic rings. The van der Waals surface area contributed by atoms with Crippen LogP contribution in [0, 0.1) is 11.3 Å². The van der Waals surface area contributed by atoms with Gasteiger partial charge in [0.05, 0.1) is 18.7 Å². The van der Waals surface area contributed by atoms with Crippen LogP contribution in [0.4, 0.5) is 0 Å². The Balaban J connectivity index is 1.70. The lowest BCUT2D eigenvalue weighted by Gasteiger charge is -2.08. The predicted molar refractivity (Wildman–Crippen MR) is 92.8 cm³/mol. The Hall–Kier alpha value is -3.32. The van der Waals surface area contributed by atoms with Crippen molar-refractivity contribution in [3.8, 4) is 11.8 Å². The molecule has 0 bridgehead atoms. The largest absolute Gasteiger partial charge is 0.497 e. The van der Waals surface area contributed by atoms with Gasteiger partial charge in [0, 0.05) is 12.1 Å². The smallest absolute Gasteiger partial charge is 0.251 e. The van der Waals surface area contributed by atoms with Gasteiger partial charge < -0.3 is 10.1 Å². The molecule has 0 atom stereocenters. The maximum atomic E-state index is 12.2. The number of nitrogens with one attached hydrogen (secondary N) is 1. The molecule has 0 fully saturated rings. The first kappa shape index (κ1) is 15.6. The highest BCUT2D eigenvalue weighted by molar-refractivity contribution is 5.94. The molecule has 0 aliphatic carbocycles. The minimum Gasteiger partial charge on any atom is -0.497 e. The number of hydrogen-bond donors (Lipinski definition) is 1. The summed E-state index contributed by atoms with van der Waals surface area (Å²) in [6.07, 6.45) is 0. The van der Waals surface area contributed by atoms with E-state index in [-0.39, 0.29) is 5.91 Å². The van der Waals surface area contributed by atoms with E-state index in [2.05, 4.69) is 5.32 Å². The van der Waals surface area contributed by atoms with Gasteiger partial charge in [0.25, 0.3) is 5.91 Å². The maximum Gasteiger partial charge on any atom is 0.251 e. The van der Waals surface area contributed by atoms with Gasteiger partial charge in [0.1, 0.15) is 5.75 Å². The molecule has 4 nitrogen and oxygen atoms in total. The van der Waals surface area contributed by atoms with Crippen molar-refractivity contribution in [2.45, 2.75) is 6.54 Å². The van der Waals surface area contributed by atoms with Crippen molar-refractivity contribution in [2.24, 2.45) is 0 Å². The summed E-state index contributed by atoms with van der Waals surface area (Å²) in [6.45, 7) is 0.445. The third kappa shape index (κ3) is 3.36. The number of amides is 1. The second kappa shape index (κ2) is 6.84. The number of fused-ring (bicyclic) bond motifs is 1. The number of benzene rings is 3. The zero-order chi connectivity index (χ0) is 16.9. The van der Waals surface area contributed by atoms with E-state index in [0.717, 1.165) is 22.1 Å². The fraction of sp³-hybridized carbons (Fsp3) is 0.100. The van der Waals surface area contributed by atoms with Gasteiger partial charge in [-0.2, -0.15) is 5.26 Å². The molecule has 0 radical (unpaired) electrons. The number of ether oxygens (including phenoxy) is 1. The minimum absolute atomic E-state index is 0.158. The first-order valence-corrected chi connectivity index (χ1v) is 7.54. The van der Waals surface area contributed by atoms with E-state index in [9.17, 15) is 4.79 Å². The summed E-state index contributed by atoms with van der Waals surface area (Å²) in [5.41, 5.74) is 2.10. The SMILES string of the molecule is COc1ccc2cc(CNC(=O)c3ccc(C#N)cc3)ccc2c1. The van der Waals surface area contributed by atoms with Gasteiger partial charge in [-0.25, -0.2) is 0 Å². The van der Waals surface area contributed by atoms with Crippen LogP contribution in [0.15, 0.2) is 60.7 Å². The quantitative estimate of drug-likeness (QED) is 0.799. The van der Waals surface area contributed by atoms with E-state index in [1.807, 2.05) is 42.5 Å². The summed E-state index contributed by atoms with van der Waals surface area (Å²) in [4.78, 5) is 12.2. The van der Waals surface area contributed by atoms with Gasteiger partial charge in [-0.1, -0.05) is 18.2 Å². The van der Waals surface area contributed by atoms with Crippen LogP contribution in [0.3, 0.4) is 0 Å². The van der Waals surface area contributed by atoms with Gasteiger partial charge in [-0.15, -0.1) is 0 Å². The molecule has 0 aromatic heterocycles. The van der Waals surface area contributed by atoms with E-state index in [0.29, 0.717) is 17.7 Å². The Labute approximate surface area is 140 Å². The number of hydrogen-bond acceptors (Lipinski definition) is 3. The fourth-order valence-corrected chi connectivity index (χ4v) is 2.49. The van der Waals surface area contributed by atoms with Crippen LogP contribution < -0.4 is 10.1 Å². The zero-order valence-corrected chi connectivity index (χ0v) is 13.2. The third-order valence-electron chi connectivity index (χ3n) is 3.84.